The fourth-order valence-electron chi connectivity index (χ4n) is 2.29. The molecule has 0 atom stereocenters. The lowest BCUT2D eigenvalue weighted by Gasteiger charge is -2.11. The zero-order chi connectivity index (χ0) is 13.0. The van der Waals surface area contributed by atoms with E-state index in [2.05, 4.69) is 50.4 Å². The van der Waals surface area contributed by atoms with Gasteiger partial charge in [-0.25, -0.2) is 0 Å². The third-order valence-electron chi connectivity index (χ3n) is 3.19. The zero-order valence-electron chi connectivity index (χ0n) is 11.6. The first kappa shape index (κ1) is 12.9. The Balaban J connectivity index is 2.55. The van der Waals surface area contributed by atoms with E-state index >= 15 is 0 Å². The molecule has 0 bridgehead atoms. The molecule has 0 amide bonds. The minimum atomic E-state index is 0.945. The quantitative estimate of drug-likeness (QED) is 0.850. The average Bonchev–Trinajstić information content (AvgIpc) is 2.39. The molecule has 18 heavy (non-hydrogen) atoms. The summed E-state index contributed by atoms with van der Waals surface area (Å²) in [5.74, 6) is 0. The van der Waals surface area contributed by atoms with Crippen molar-refractivity contribution < 1.29 is 0 Å². The topological polar surface area (TPSA) is 24.9 Å². The number of fused-ring (bicyclic) bond motifs is 1. The summed E-state index contributed by atoms with van der Waals surface area (Å²) in [6.07, 6.45) is 3.30. The second-order valence-corrected chi connectivity index (χ2v) is 4.65. The van der Waals surface area contributed by atoms with E-state index in [0.29, 0.717) is 0 Å². The number of hydrogen-bond donors (Lipinski definition) is 1. The molecule has 1 heterocycles. The summed E-state index contributed by atoms with van der Waals surface area (Å²) in [6.45, 7) is 7.44. The molecule has 2 aromatic rings. The van der Waals surface area contributed by atoms with Crippen molar-refractivity contribution in [1.82, 2.24) is 4.98 Å². The second kappa shape index (κ2) is 5.85. The number of hydrogen-bond acceptors (Lipinski definition) is 2. The molecule has 1 N–H and O–H groups in total. The molecule has 2 nitrogen and oxygen atoms in total. The van der Waals surface area contributed by atoms with Crippen LogP contribution in [0.5, 0.6) is 0 Å². The Bertz CT molecular complexity index is 532. The first-order valence-corrected chi connectivity index (χ1v) is 6.94. The van der Waals surface area contributed by atoms with Crippen LogP contribution in [0.15, 0.2) is 24.3 Å². The van der Waals surface area contributed by atoms with Crippen LogP contribution in [0.2, 0.25) is 0 Å². The summed E-state index contributed by atoms with van der Waals surface area (Å²) < 4.78 is 0. The molecule has 96 valence electrons. The number of anilines is 1. The van der Waals surface area contributed by atoms with E-state index in [1.165, 1.54) is 23.1 Å². The van der Waals surface area contributed by atoms with Gasteiger partial charge in [0.25, 0.3) is 0 Å². The Kier molecular flexibility index (Phi) is 4.19. The van der Waals surface area contributed by atoms with Gasteiger partial charge in [-0.05, 0) is 43.5 Å². The molecule has 0 radical (unpaired) electrons. The Morgan fingerprint density at radius 1 is 1.11 bits per heavy atom. The molecule has 1 aromatic carbocycles. The zero-order valence-corrected chi connectivity index (χ0v) is 11.6. The molecule has 0 spiro atoms. The van der Waals surface area contributed by atoms with Crippen LogP contribution in [0, 0.1) is 0 Å². The van der Waals surface area contributed by atoms with Gasteiger partial charge in [-0.3, -0.25) is 4.98 Å². The van der Waals surface area contributed by atoms with Gasteiger partial charge in [0.15, 0.2) is 0 Å². The predicted molar refractivity (Wildman–Crippen MR) is 79.3 cm³/mol. The summed E-state index contributed by atoms with van der Waals surface area (Å²) in [7, 11) is 0. The minimum absolute atomic E-state index is 0.945. The van der Waals surface area contributed by atoms with Crippen molar-refractivity contribution in [3.8, 4) is 0 Å². The van der Waals surface area contributed by atoms with Gasteiger partial charge in [-0.1, -0.05) is 26.3 Å². The highest BCUT2D eigenvalue weighted by Gasteiger charge is 2.05. The number of rotatable bonds is 5. The predicted octanol–water partition coefficient (Wildman–Crippen LogP) is 4.18. The van der Waals surface area contributed by atoms with Gasteiger partial charge in [0.1, 0.15) is 0 Å². The number of benzene rings is 1. The van der Waals surface area contributed by atoms with Crippen LogP contribution in [-0.2, 0) is 12.8 Å². The van der Waals surface area contributed by atoms with Crippen LogP contribution in [0.3, 0.4) is 0 Å². The normalized spacial score (nSPS) is 10.8. The first-order valence-electron chi connectivity index (χ1n) is 6.94. The van der Waals surface area contributed by atoms with Gasteiger partial charge in [0, 0.05) is 23.3 Å². The fraction of sp³-hybridized carbons (Fsp3) is 0.438. The summed E-state index contributed by atoms with van der Waals surface area (Å²) in [6, 6.07) is 8.82. The summed E-state index contributed by atoms with van der Waals surface area (Å²) in [5, 5.41) is 4.70. The third kappa shape index (κ3) is 2.63. The lowest BCUT2D eigenvalue weighted by atomic mass is 10.0. The van der Waals surface area contributed by atoms with Crippen molar-refractivity contribution >= 4 is 16.6 Å². The van der Waals surface area contributed by atoms with E-state index in [1.807, 2.05) is 0 Å². The van der Waals surface area contributed by atoms with Gasteiger partial charge in [0.2, 0.25) is 0 Å². The van der Waals surface area contributed by atoms with Crippen molar-refractivity contribution in [2.75, 3.05) is 11.9 Å². The van der Waals surface area contributed by atoms with E-state index < -0.39 is 0 Å². The minimum Gasteiger partial charge on any atom is -0.385 e. The lowest BCUT2D eigenvalue weighted by Crippen LogP contribution is -2.00. The van der Waals surface area contributed by atoms with Crippen molar-refractivity contribution in [2.45, 2.75) is 40.0 Å². The van der Waals surface area contributed by atoms with E-state index in [0.717, 1.165) is 30.6 Å². The molecule has 0 saturated heterocycles. The van der Waals surface area contributed by atoms with Crippen LogP contribution < -0.4 is 5.32 Å². The molecular formula is C16H22N2. The number of nitrogens with zero attached hydrogens (tertiary/aromatic N) is 1. The molecule has 2 rings (SSSR count). The highest BCUT2D eigenvalue weighted by atomic mass is 14.9. The Hall–Kier alpha value is -1.57. The second-order valence-electron chi connectivity index (χ2n) is 4.65. The molecule has 0 aliphatic carbocycles. The van der Waals surface area contributed by atoms with Gasteiger partial charge in [-0.15, -0.1) is 0 Å². The summed E-state index contributed by atoms with van der Waals surface area (Å²) in [5.41, 5.74) is 4.87. The molecule has 0 unspecified atom stereocenters. The van der Waals surface area contributed by atoms with Crippen molar-refractivity contribution in [3.63, 3.8) is 0 Å². The van der Waals surface area contributed by atoms with Gasteiger partial charge >= 0.3 is 0 Å². The molecule has 0 aliphatic rings. The van der Waals surface area contributed by atoms with E-state index in [1.54, 1.807) is 0 Å². The van der Waals surface area contributed by atoms with Crippen LogP contribution in [-0.4, -0.2) is 11.5 Å². The Morgan fingerprint density at radius 3 is 2.61 bits per heavy atom. The van der Waals surface area contributed by atoms with Crippen LogP contribution >= 0.6 is 0 Å². The van der Waals surface area contributed by atoms with Gasteiger partial charge in [0.05, 0.1) is 5.52 Å². The van der Waals surface area contributed by atoms with E-state index in [9.17, 15) is 0 Å². The number of aryl methyl sites for hydroxylation is 2. The van der Waals surface area contributed by atoms with Crippen LogP contribution in [0.25, 0.3) is 10.9 Å². The van der Waals surface area contributed by atoms with Crippen LogP contribution in [0.1, 0.15) is 38.4 Å². The maximum atomic E-state index is 4.70. The summed E-state index contributed by atoms with van der Waals surface area (Å²) in [4.78, 5) is 4.70. The first-order chi connectivity index (χ1) is 8.78. The fourth-order valence-corrected chi connectivity index (χ4v) is 2.29. The number of nitrogens with one attached hydrogen (secondary N) is 1. The maximum Gasteiger partial charge on any atom is 0.0726 e. The average molecular weight is 242 g/mol. The highest BCUT2D eigenvalue weighted by Crippen LogP contribution is 2.25. The maximum absolute atomic E-state index is 4.70. The molecule has 0 fully saturated rings. The van der Waals surface area contributed by atoms with Crippen LogP contribution in [0.4, 0.5) is 5.69 Å². The van der Waals surface area contributed by atoms with Crippen molar-refractivity contribution in [3.05, 3.63) is 35.5 Å². The monoisotopic (exact) mass is 242 g/mol. The molecule has 1 aromatic heterocycles. The third-order valence-corrected chi connectivity index (χ3v) is 3.19. The lowest BCUT2D eigenvalue weighted by molar-refractivity contribution is 0.923. The van der Waals surface area contributed by atoms with Crippen molar-refractivity contribution in [1.29, 1.82) is 0 Å². The SMILES string of the molecule is CCCc1ccc2nc(CC)cc(NCC)c2c1. The molecular weight excluding hydrogens is 220 g/mol. The van der Waals surface area contributed by atoms with Gasteiger partial charge < -0.3 is 5.32 Å². The van der Waals surface area contributed by atoms with Crippen molar-refractivity contribution in [2.24, 2.45) is 0 Å². The molecule has 2 heteroatoms. The Labute approximate surface area is 109 Å². The molecule has 0 saturated carbocycles. The standard InChI is InChI=1S/C16H22N2/c1-4-7-12-8-9-15-14(10-12)16(17-6-3)11-13(5-2)18-15/h8-11H,4-7H2,1-3H3,(H,17,18). The van der Waals surface area contributed by atoms with Gasteiger partial charge in [-0.2, -0.15) is 0 Å². The largest absolute Gasteiger partial charge is 0.385 e. The number of pyridine rings is 1. The summed E-state index contributed by atoms with van der Waals surface area (Å²) >= 11 is 0. The molecule has 0 aliphatic heterocycles. The highest BCUT2D eigenvalue weighted by molar-refractivity contribution is 5.92. The smallest absolute Gasteiger partial charge is 0.0726 e. The Morgan fingerprint density at radius 2 is 1.94 bits per heavy atom. The van der Waals surface area contributed by atoms with E-state index in [4.69, 9.17) is 4.98 Å². The number of aromatic nitrogens is 1. The van der Waals surface area contributed by atoms with E-state index in [-0.39, 0.29) is 0 Å².